The highest BCUT2D eigenvalue weighted by Crippen LogP contribution is 2.27. The van der Waals surface area contributed by atoms with E-state index in [-0.39, 0.29) is 17.4 Å². The number of anilines is 1. The summed E-state index contributed by atoms with van der Waals surface area (Å²) in [6.07, 6.45) is 0. The van der Waals surface area contributed by atoms with Crippen LogP contribution < -0.4 is 11.1 Å². The smallest absolute Gasteiger partial charge is 0.221 e. The van der Waals surface area contributed by atoms with E-state index >= 15 is 0 Å². The second-order valence-electron chi connectivity index (χ2n) is 3.17. The van der Waals surface area contributed by atoms with Crippen molar-refractivity contribution in [1.82, 2.24) is 0 Å². The van der Waals surface area contributed by atoms with Gasteiger partial charge >= 0.3 is 0 Å². The highest BCUT2D eigenvalue weighted by Gasteiger charge is 2.14. The molecular formula is C10H10ClF2N3O. The van der Waals surface area contributed by atoms with Crippen LogP contribution >= 0.6 is 11.6 Å². The van der Waals surface area contributed by atoms with Crippen LogP contribution in [0.2, 0.25) is 0 Å². The van der Waals surface area contributed by atoms with Gasteiger partial charge in [-0.25, -0.2) is 13.8 Å². The summed E-state index contributed by atoms with van der Waals surface area (Å²) < 4.78 is 27.0. The number of hydrogen-bond acceptors (Lipinski definition) is 2. The van der Waals surface area contributed by atoms with Crippen LogP contribution in [0.1, 0.15) is 6.92 Å². The molecule has 1 aromatic rings. The van der Waals surface area contributed by atoms with Crippen molar-refractivity contribution in [3.05, 3.63) is 23.8 Å². The Morgan fingerprint density at radius 1 is 1.53 bits per heavy atom. The van der Waals surface area contributed by atoms with Gasteiger partial charge in [0.05, 0.1) is 5.88 Å². The Balaban J connectivity index is 3.23. The van der Waals surface area contributed by atoms with Crippen LogP contribution in [0.3, 0.4) is 0 Å². The van der Waals surface area contributed by atoms with Crippen molar-refractivity contribution in [2.24, 2.45) is 10.7 Å². The van der Waals surface area contributed by atoms with Gasteiger partial charge in [0.1, 0.15) is 23.0 Å². The molecule has 1 amide bonds. The van der Waals surface area contributed by atoms with Gasteiger partial charge in [0.15, 0.2) is 5.82 Å². The molecule has 1 aromatic carbocycles. The second-order valence-corrected chi connectivity index (χ2v) is 3.44. The minimum atomic E-state index is -0.992. The van der Waals surface area contributed by atoms with E-state index in [2.05, 4.69) is 4.99 Å². The molecule has 7 heteroatoms. The lowest BCUT2D eigenvalue weighted by Gasteiger charge is -2.07. The molecule has 0 atom stereocenters. The quantitative estimate of drug-likeness (QED) is 0.497. The number of amidine groups is 1. The number of nitrogens with two attached hydrogens (primary N) is 1. The van der Waals surface area contributed by atoms with Crippen LogP contribution in [0.15, 0.2) is 17.1 Å². The van der Waals surface area contributed by atoms with Gasteiger partial charge in [-0.15, -0.1) is 11.6 Å². The third-order valence-corrected chi connectivity index (χ3v) is 2.05. The number of nitrogens with zero attached hydrogens (tertiary/aromatic N) is 1. The number of benzene rings is 1. The Kier molecular flexibility index (Phi) is 4.39. The monoisotopic (exact) mass is 261 g/mol. The SMILES string of the molecule is CC(=O)Nc1c(F)ccc(N=C(N)CCl)c1F. The third-order valence-electron chi connectivity index (χ3n) is 1.77. The highest BCUT2D eigenvalue weighted by molar-refractivity contribution is 6.28. The van der Waals surface area contributed by atoms with Gasteiger partial charge in [0.2, 0.25) is 5.91 Å². The molecule has 0 aliphatic rings. The second kappa shape index (κ2) is 5.58. The van der Waals surface area contributed by atoms with Crippen molar-refractivity contribution in [3.63, 3.8) is 0 Å². The van der Waals surface area contributed by atoms with Crippen LogP contribution in [-0.4, -0.2) is 17.6 Å². The molecule has 0 aromatic heterocycles. The number of alkyl halides is 1. The minimum Gasteiger partial charge on any atom is -0.386 e. The largest absolute Gasteiger partial charge is 0.386 e. The maximum absolute atomic E-state index is 13.7. The molecule has 92 valence electrons. The summed E-state index contributed by atoms with van der Waals surface area (Å²) in [5.41, 5.74) is 4.59. The fourth-order valence-corrected chi connectivity index (χ4v) is 1.16. The van der Waals surface area contributed by atoms with E-state index in [9.17, 15) is 13.6 Å². The Labute approximate surface area is 101 Å². The molecule has 3 N–H and O–H groups in total. The molecular weight excluding hydrogens is 252 g/mol. The van der Waals surface area contributed by atoms with Gasteiger partial charge in [-0.3, -0.25) is 4.79 Å². The number of halogens is 3. The minimum absolute atomic E-state index is 0.00838. The molecule has 0 bridgehead atoms. The maximum atomic E-state index is 13.7. The molecule has 1 rings (SSSR count). The van der Waals surface area contributed by atoms with Crippen LogP contribution in [0.5, 0.6) is 0 Å². The molecule has 0 heterocycles. The average molecular weight is 262 g/mol. The summed E-state index contributed by atoms with van der Waals surface area (Å²) in [4.78, 5) is 14.4. The summed E-state index contributed by atoms with van der Waals surface area (Å²) in [6, 6.07) is 2.09. The van der Waals surface area contributed by atoms with Crippen molar-refractivity contribution >= 4 is 34.7 Å². The molecule has 0 fully saturated rings. The van der Waals surface area contributed by atoms with Gasteiger partial charge in [0, 0.05) is 6.92 Å². The standard InChI is InChI=1S/C10H10ClF2N3O/c1-5(17)15-10-6(12)2-3-7(9(10)13)16-8(14)4-11/h2-3H,4H2,1H3,(H2,14,16)(H,15,17). The van der Waals surface area contributed by atoms with Gasteiger partial charge in [-0.1, -0.05) is 0 Å². The predicted octanol–water partition coefficient (Wildman–Crippen LogP) is 2.15. The molecule has 0 aliphatic carbocycles. The van der Waals surface area contributed by atoms with Gasteiger partial charge in [-0.05, 0) is 12.1 Å². The topological polar surface area (TPSA) is 67.5 Å². The zero-order valence-corrected chi connectivity index (χ0v) is 9.68. The summed E-state index contributed by atoms with van der Waals surface area (Å²) >= 11 is 5.39. The van der Waals surface area contributed by atoms with E-state index in [4.69, 9.17) is 17.3 Å². The summed E-state index contributed by atoms with van der Waals surface area (Å²) in [6.45, 7) is 1.14. The van der Waals surface area contributed by atoms with E-state index in [1.807, 2.05) is 5.32 Å². The van der Waals surface area contributed by atoms with E-state index in [0.717, 1.165) is 19.1 Å². The van der Waals surface area contributed by atoms with Crippen LogP contribution in [0.4, 0.5) is 20.2 Å². The first-order valence-electron chi connectivity index (χ1n) is 4.60. The van der Waals surface area contributed by atoms with Crippen molar-refractivity contribution in [3.8, 4) is 0 Å². The fraction of sp³-hybridized carbons (Fsp3) is 0.200. The zero-order chi connectivity index (χ0) is 13.0. The number of aliphatic imine (C=N–C) groups is 1. The van der Waals surface area contributed by atoms with Gasteiger partial charge in [0.25, 0.3) is 0 Å². The lowest BCUT2D eigenvalue weighted by atomic mass is 10.2. The molecule has 4 nitrogen and oxygen atoms in total. The first-order chi connectivity index (χ1) is 7.95. The van der Waals surface area contributed by atoms with Crippen LogP contribution in [-0.2, 0) is 4.79 Å². The summed E-state index contributed by atoms with van der Waals surface area (Å²) in [7, 11) is 0. The molecule has 0 unspecified atom stereocenters. The van der Waals surface area contributed by atoms with Crippen LogP contribution in [0, 0.1) is 11.6 Å². The maximum Gasteiger partial charge on any atom is 0.221 e. The van der Waals surface area contributed by atoms with Crippen molar-refractivity contribution in [1.29, 1.82) is 0 Å². The Morgan fingerprint density at radius 3 is 2.71 bits per heavy atom. The lowest BCUT2D eigenvalue weighted by molar-refractivity contribution is -0.114. The van der Waals surface area contributed by atoms with E-state index in [1.165, 1.54) is 0 Å². The normalized spacial score (nSPS) is 11.4. The number of nitrogens with one attached hydrogen (secondary N) is 1. The molecule has 0 radical (unpaired) electrons. The first kappa shape index (κ1) is 13.4. The Hall–Kier alpha value is -1.69. The fourth-order valence-electron chi connectivity index (χ4n) is 1.10. The van der Waals surface area contributed by atoms with Crippen molar-refractivity contribution in [2.45, 2.75) is 6.92 Å². The van der Waals surface area contributed by atoms with Crippen molar-refractivity contribution in [2.75, 3.05) is 11.2 Å². The molecule has 17 heavy (non-hydrogen) atoms. The summed E-state index contributed by atoms with van der Waals surface area (Å²) in [5, 5.41) is 2.04. The number of carbonyl (C=O) groups is 1. The lowest BCUT2D eigenvalue weighted by Crippen LogP contribution is -2.13. The number of carbonyl (C=O) groups excluding carboxylic acids is 1. The number of hydrogen-bond donors (Lipinski definition) is 2. The average Bonchev–Trinajstić information content (AvgIpc) is 2.27. The summed E-state index contributed by atoms with van der Waals surface area (Å²) in [5.74, 6) is -2.55. The van der Waals surface area contributed by atoms with E-state index in [0.29, 0.717) is 0 Å². The molecule has 0 aliphatic heterocycles. The Morgan fingerprint density at radius 2 is 2.18 bits per heavy atom. The highest BCUT2D eigenvalue weighted by atomic mass is 35.5. The van der Waals surface area contributed by atoms with Gasteiger partial charge in [-0.2, -0.15) is 0 Å². The molecule has 0 saturated carbocycles. The van der Waals surface area contributed by atoms with Gasteiger partial charge < -0.3 is 11.1 Å². The van der Waals surface area contributed by atoms with E-state index < -0.39 is 23.2 Å². The molecule has 0 saturated heterocycles. The first-order valence-corrected chi connectivity index (χ1v) is 5.13. The van der Waals surface area contributed by atoms with Crippen LogP contribution in [0.25, 0.3) is 0 Å². The Bertz CT molecular complexity index is 477. The predicted molar refractivity (Wildman–Crippen MR) is 62.7 cm³/mol. The number of rotatable bonds is 3. The third kappa shape index (κ3) is 3.39. The van der Waals surface area contributed by atoms with Crippen molar-refractivity contribution < 1.29 is 13.6 Å². The zero-order valence-electron chi connectivity index (χ0n) is 8.93. The number of amides is 1. The molecule has 0 spiro atoms. The van der Waals surface area contributed by atoms with E-state index in [1.54, 1.807) is 0 Å².